The molecule has 3 rings (SSSR count). The van der Waals surface area contributed by atoms with Gasteiger partial charge in [-0.25, -0.2) is 0 Å². The normalized spacial score (nSPS) is 23.4. The fourth-order valence-corrected chi connectivity index (χ4v) is 7.99. The molecule has 0 radical (unpaired) electrons. The molecular weight excluding hydrogens is 556 g/mol. The van der Waals surface area contributed by atoms with Crippen molar-refractivity contribution in [3.05, 3.63) is 59.7 Å². The van der Waals surface area contributed by atoms with E-state index >= 15 is 0 Å². The zero-order valence-electron chi connectivity index (χ0n) is 18.0. The molecule has 1 saturated heterocycles. The molecule has 4 atom stereocenters. The van der Waals surface area contributed by atoms with Gasteiger partial charge in [0.1, 0.15) is 18.8 Å². The number of carbonyl (C=O) groups is 1. The van der Waals surface area contributed by atoms with Gasteiger partial charge in [0.05, 0.1) is 19.2 Å². The first-order valence-corrected chi connectivity index (χ1v) is 14.5. The number of hydrogen-bond acceptors (Lipinski definition) is 9. The second kappa shape index (κ2) is 10.4. The average molecular weight is 580 g/mol. The summed E-state index contributed by atoms with van der Waals surface area (Å²) >= 11 is 4.52. The molecule has 0 bridgehead atoms. The fraction of sp³-hybridized carbons (Fsp3) is 0.381. The van der Waals surface area contributed by atoms with Crippen LogP contribution in [0.1, 0.15) is 18.1 Å². The zero-order valence-corrected chi connectivity index (χ0v) is 22.0. The smallest absolute Gasteiger partial charge is 0.302 e. The highest BCUT2D eigenvalue weighted by Crippen LogP contribution is 2.43. The van der Waals surface area contributed by atoms with Gasteiger partial charge >= 0.3 is 5.97 Å². The highest BCUT2D eigenvalue weighted by atomic mass is 79.9. The van der Waals surface area contributed by atoms with Crippen LogP contribution in [0.3, 0.4) is 0 Å². The minimum Gasteiger partial charge on any atom is -0.465 e. The van der Waals surface area contributed by atoms with Gasteiger partial charge in [0.2, 0.25) is 0 Å². The Hall–Kier alpha value is -1.44. The Balaban J connectivity index is 1.91. The molecular formula is C21H23BrO8S3. The molecule has 1 unspecified atom stereocenters. The molecule has 8 nitrogen and oxygen atoms in total. The lowest BCUT2D eigenvalue weighted by atomic mass is 10.2. The molecule has 1 aliphatic rings. The molecule has 1 fully saturated rings. The van der Waals surface area contributed by atoms with Crippen LogP contribution >= 0.6 is 27.7 Å². The van der Waals surface area contributed by atoms with Crippen LogP contribution < -0.4 is 0 Å². The molecule has 33 heavy (non-hydrogen) atoms. The highest BCUT2D eigenvalue weighted by molar-refractivity contribution is 9.11. The van der Waals surface area contributed by atoms with E-state index in [1.807, 2.05) is 13.8 Å². The maximum absolute atomic E-state index is 12.9. The molecule has 0 spiro atoms. The maximum Gasteiger partial charge on any atom is 0.302 e. The van der Waals surface area contributed by atoms with Gasteiger partial charge in [0.15, 0.2) is 0 Å². The molecule has 1 heterocycles. The van der Waals surface area contributed by atoms with Crippen molar-refractivity contribution in [1.29, 1.82) is 0 Å². The van der Waals surface area contributed by atoms with Gasteiger partial charge in [-0.3, -0.25) is 13.2 Å². The third kappa shape index (κ3) is 6.58. The summed E-state index contributed by atoms with van der Waals surface area (Å²) in [6.07, 6.45) is -2.45. The predicted octanol–water partition coefficient (Wildman–Crippen LogP) is 3.55. The minimum atomic E-state index is -4.26. The quantitative estimate of drug-likeness (QED) is 0.263. The zero-order chi connectivity index (χ0) is 24.4. The Kier molecular flexibility index (Phi) is 8.28. The Labute approximate surface area is 206 Å². The summed E-state index contributed by atoms with van der Waals surface area (Å²) in [7, 11) is -8.50. The summed E-state index contributed by atoms with van der Waals surface area (Å²) in [5.41, 5.74) is 1.74. The maximum atomic E-state index is 12.9. The first kappa shape index (κ1) is 26.2. The molecule has 2 aromatic carbocycles. The topological polar surface area (TPSA) is 113 Å². The second-order valence-electron chi connectivity index (χ2n) is 7.48. The van der Waals surface area contributed by atoms with E-state index < -0.39 is 47.8 Å². The number of halogens is 1. The van der Waals surface area contributed by atoms with Gasteiger partial charge < -0.3 is 4.74 Å². The number of aryl methyl sites for hydroxylation is 2. The van der Waals surface area contributed by atoms with Crippen molar-refractivity contribution in [2.24, 2.45) is 0 Å². The van der Waals surface area contributed by atoms with Gasteiger partial charge in [-0.2, -0.15) is 16.8 Å². The van der Waals surface area contributed by atoms with Crippen LogP contribution in [-0.2, 0) is 38.1 Å². The van der Waals surface area contributed by atoms with E-state index in [0.29, 0.717) is 0 Å². The number of thioether (sulfide) groups is 1. The van der Waals surface area contributed by atoms with Crippen LogP contribution in [0.4, 0.5) is 0 Å². The number of rotatable bonds is 8. The van der Waals surface area contributed by atoms with E-state index in [4.69, 9.17) is 13.1 Å². The van der Waals surface area contributed by atoms with Crippen LogP contribution in [0.5, 0.6) is 0 Å². The number of benzene rings is 2. The van der Waals surface area contributed by atoms with Crippen molar-refractivity contribution in [2.75, 3.05) is 6.61 Å². The van der Waals surface area contributed by atoms with Crippen molar-refractivity contribution in [3.8, 4) is 0 Å². The van der Waals surface area contributed by atoms with Crippen molar-refractivity contribution in [1.82, 2.24) is 0 Å². The van der Waals surface area contributed by atoms with E-state index in [1.165, 1.54) is 31.2 Å². The van der Waals surface area contributed by atoms with E-state index in [9.17, 15) is 21.6 Å². The SMILES string of the molecule is CC(=O)OC[C@H]1SC(Br)[C@H](OS(=O)(=O)c2ccc(C)cc2)[C@H]1OS(=O)(=O)c1ccc(C)cc1. The first-order valence-electron chi connectivity index (χ1n) is 9.82. The molecule has 0 amide bonds. The molecule has 12 heteroatoms. The van der Waals surface area contributed by atoms with Gasteiger partial charge in [-0.15, -0.1) is 11.8 Å². The lowest BCUT2D eigenvalue weighted by Gasteiger charge is -2.24. The van der Waals surface area contributed by atoms with Crippen LogP contribution in [-0.4, -0.2) is 51.0 Å². The number of esters is 1. The van der Waals surface area contributed by atoms with Gasteiger partial charge in [-0.05, 0) is 38.1 Å². The summed E-state index contributed by atoms with van der Waals surface area (Å²) in [5, 5.41) is -0.697. The molecule has 0 aromatic heterocycles. The standard InChI is InChI=1S/C21H23BrO8S3/c1-13-4-8-16(9-5-13)32(24,25)29-19-18(12-28-15(3)23)31-21(22)20(19)30-33(26,27)17-10-6-14(2)7-11-17/h4-11,18-21H,12H2,1-3H3/t18-,19+,20-,21?/m1/s1. The van der Waals surface area contributed by atoms with Crippen LogP contribution in [0.15, 0.2) is 58.3 Å². The lowest BCUT2D eigenvalue weighted by molar-refractivity contribution is -0.141. The van der Waals surface area contributed by atoms with Crippen molar-refractivity contribution in [2.45, 2.75) is 52.2 Å². The van der Waals surface area contributed by atoms with Gasteiger partial charge in [0, 0.05) is 6.92 Å². The summed E-state index contributed by atoms with van der Waals surface area (Å²) in [6, 6.07) is 12.1. The van der Waals surface area contributed by atoms with E-state index in [0.717, 1.165) is 22.9 Å². The Bertz CT molecular complexity index is 1200. The van der Waals surface area contributed by atoms with E-state index in [-0.39, 0.29) is 16.4 Å². The Morgan fingerprint density at radius 3 is 1.70 bits per heavy atom. The molecule has 0 aliphatic carbocycles. The van der Waals surface area contributed by atoms with Crippen LogP contribution in [0.2, 0.25) is 0 Å². The minimum absolute atomic E-state index is 0.0682. The van der Waals surface area contributed by atoms with Crippen LogP contribution in [0.25, 0.3) is 0 Å². The largest absolute Gasteiger partial charge is 0.465 e. The van der Waals surface area contributed by atoms with E-state index in [1.54, 1.807) is 24.3 Å². The highest BCUT2D eigenvalue weighted by Gasteiger charge is 2.50. The Morgan fingerprint density at radius 1 is 0.848 bits per heavy atom. The molecule has 0 N–H and O–H groups in total. The van der Waals surface area contributed by atoms with Gasteiger partial charge in [0.25, 0.3) is 20.2 Å². The van der Waals surface area contributed by atoms with Crippen molar-refractivity contribution >= 4 is 53.9 Å². The second-order valence-corrected chi connectivity index (χ2v) is 13.6. The monoisotopic (exact) mass is 578 g/mol. The van der Waals surface area contributed by atoms with E-state index in [2.05, 4.69) is 15.9 Å². The third-order valence-electron chi connectivity index (χ3n) is 4.80. The first-order chi connectivity index (χ1) is 15.4. The Morgan fingerprint density at radius 2 is 1.27 bits per heavy atom. The molecule has 180 valence electrons. The van der Waals surface area contributed by atoms with Crippen LogP contribution in [0, 0.1) is 13.8 Å². The summed E-state index contributed by atoms with van der Waals surface area (Å²) in [6.45, 7) is 4.68. The lowest BCUT2D eigenvalue weighted by Crippen LogP contribution is -2.40. The van der Waals surface area contributed by atoms with Crippen molar-refractivity contribution in [3.63, 3.8) is 0 Å². The number of ether oxygens (including phenoxy) is 1. The summed E-state index contributed by atoms with van der Waals surface area (Å²) in [5.74, 6) is -0.557. The van der Waals surface area contributed by atoms with Crippen molar-refractivity contribution < 1.29 is 34.7 Å². The number of alkyl halides is 1. The molecule has 0 saturated carbocycles. The third-order valence-corrected chi connectivity index (χ3v) is 9.90. The number of carbonyl (C=O) groups excluding carboxylic acids is 1. The number of hydrogen-bond donors (Lipinski definition) is 0. The molecule has 2 aromatic rings. The summed E-state index contributed by atoms with van der Waals surface area (Å²) in [4.78, 5) is 11.2. The summed E-state index contributed by atoms with van der Waals surface area (Å²) < 4.78 is 67.1. The average Bonchev–Trinajstić information content (AvgIpc) is 3.01. The predicted molar refractivity (Wildman–Crippen MR) is 127 cm³/mol. The van der Waals surface area contributed by atoms with Gasteiger partial charge in [-0.1, -0.05) is 51.3 Å². The fourth-order valence-electron chi connectivity index (χ4n) is 3.04. The molecule has 1 aliphatic heterocycles.